The van der Waals surface area contributed by atoms with Crippen molar-refractivity contribution in [2.45, 2.75) is 25.5 Å². The Morgan fingerprint density at radius 3 is 2.53 bits per heavy atom. The van der Waals surface area contributed by atoms with Crippen LogP contribution in [0.3, 0.4) is 0 Å². The predicted molar refractivity (Wildman–Crippen MR) is 113 cm³/mol. The van der Waals surface area contributed by atoms with Crippen LogP contribution in [0.5, 0.6) is 0 Å². The molecule has 152 valence electrons. The van der Waals surface area contributed by atoms with Gasteiger partial charge < -0.3 is 5.32 Å². The number of thioether (sulfide) groups is 1. The van der Waals surface area contributed by atoms with E-state index in [0.29, 0.717) is 27.6 Å². The van der Waals surface area contributed by atoms with E-state index in [-0.39, 0.29) is 22.9 Å². The van der Waals surface area contributed by atoms with Gasteiger partial charge in [0.25, 0.3) is 5.69 Å². The van der Waals surface area contributed by atoms with Crippen molar-refractivity contribution in [2.75, 3.05) is 0 Å². The minimum atomic E-state index is -0.842. The Bertz CT molecular complexity index is 1120. The summed E-state index contributed by atoms with van der Waals surface area (Å²) in [6.07, 6.45) is 0. The topological polar surface area (TPSA) is 96.0 Å². The van der Waals surface area contributed by atoms with Gasteiger partial charge in [-0.3, -0.25) is 14.9 Å². The van der Waals surface area contributed by atoms with Crippen molar-refractivity contribution in [1.29, 1.82) is 5.26 Å². The minimum absolute atomic E-state index is 0.147. The van der Waals surface area contributed by atoms with Crippen LogP contribution in [0.2, 0.25) is 0 Å². The van der Waals surface area contributed by atoms with Gasteiger partial charge in [0.15, 0.2) is 5.78 Å². The van der Waals surface area contributed by atoms with Gasteiger partial charge in [0.1, 0.15) is 5.82 Å². The molecule has 6 nitrogen and oxygen atoms in total. The third kappa shape index (κ3) is 4.26. The number of nitro groups is 1. The number of rotatable bonds is 6. The average Bonchev–Trinajstić information content (AvgIpc) is 2.72. The van der Waals surface area contributed by atoms with Gasteiger partial charge in [-0.05, 0) is 31.5 Å². The van der Waals surface area contributed by atoms with E-state index >= 15 is 0 Å². The molecule has 3 rings (SSSR count). The van der Waals surface area contributed by atoms with E-state index in [0.717, 1.165) is 5.56 Å². The lowest BCUT2D eigenvalue weighted by Crippen LogP contribution is -2.27. The molecule has 0 amide bonds. The summed E-state index contributed by atoms with van der Waals surface area (Å²) in [4.78, 5) is 23.5. The number of nitrogens with zero attached hydrogens (tertiary/aromatic N) is 2. The maximum Gasteiger partial charge on any atom is 0.273 e. The average molecular weight is 423 g/mol. The lowest BCUT2D eigenvalue weighted by Gasteiger charge is -2.29. The highest BCUT2D eigenvalue weighted by molar-refractivity contribution is 8.02. The molecule has 2 aromatic rings. The number of nitriles is 1. The fourth-order valence-corrected chi connectivity index (χ4v) is 4.49. The van der Waals surface area contributed by atoms with E-state index in [9.17, 15) is 24.6 Å². The fourth-order valence-electron chi connectivity index (χ4n) is 3.44. The molecular formula is C22H18FN3O3S. The van der Waals surface area contributed by atoms with Gasteiger partial charge in [-0.15, -0.1) is 11.8 Å². The third-order valence-corrected chi connectivity index (χ3v) is 5.86. The van der Waals surface area contributed by atoms with Crippen LogP contribution >= 0.6 is 11.8 Å². The highest BCUT2D eigenvalue weighted by atomic mass is 32.2. The molecular weight excluding hydrogens is 405 g/mol. The van der Waals surface area contributed by atoms with Crippen LogP contribution < -0.4 is 5.32 Å². The van der Waals surface area contributed by atoms with Crippen LogP contribution in [0, 0.1) is 27.3 Å². The molecule has 0 unspecified atom stereocenters. The number of nitrogens with one attached hydrogen (secondary N) is 1. The molecule has 0 aliphatic carbocycles. The van der Waals surface area contributed by atoms with Crippen LogP contribution in [0.4, 0.5) is 10.1 Å². The van der Waals surface area contributed by atoms with Gasteiger partial charge in [0.2, 0.25) is 0 Å². The van der Waals surface area contributed by atoms with E-state index in [4.69, 9.17) is 0 Å². The van der Waals surface area contributed by atoms with Gasteiger partial charge in [0.05, 0.1) is 27.5 Å². The van der Waals surface area contributed by atoms with Crippen molar-refractivity contribution in [3.05, 3.63) is 97.5 Å². The molecule has 0 radical (unpaired) electrons. The summed E-state index contributed by atoms with van der Waals surface area (Å²) < 4.78 is 13.1. The van der Waals surface area contributed by atoms with Gasteiger partial charge >= 0.3 is 0 Å². The number of Topliss-reactive ketones (excluding diaryl/α,β-unsaturated/α-hetero) is 1. The number of carbonyl (C=O) groups is 1. The summed E-state index contributed by atoms with van der Waals surface area (Å²) in [5.41, 5.74) is 2.12. The maximum absolute atomic E-state index is 13.1. The number of ketones is 1. The number of nitro benzene ring substituents is 1. The first-order valence-electron chi connectivity index (χ1n) is 9.07. The lowest BCUT2D eigenvalue weighted by molar-refractivity contribution is -0.385. The second-order valence-corrected chi connectivity index (χ2v) is 7.72. The largest absolute Gasteiger partial charge is 0.353 e. The number of dihydropyridines is 1. The summed E-state index contributed by atoms with van der Waals surface area (Å²) in [5.74, 6) is -0.984. The SMILES string of the molecule is CC(=O)C1=C(C)NC(SCc2ccc(F)cc2)=C(C#N)[C@@H]1c1ccccc1[N+](=O)[O-]. The summed E-state index contributed by atoms with van der Waals surface area (Å²) in [6, 6.07) is 14.3. The van der Waals surface area contributed by atoms with Gasteiger partial charge in [-0.1, -0.05) is 30.3 Å². The second kappa shape index (κ2) is 8.93. The Morgan fingerprint density at radius 1 is 1.27 bits per heavy atom. The van der Waals surface area contributed by atoms with E-state index in [1.54, 1.807) is 37.3 Å². The van der Waals surface area contributed by atoms with Gasteiger partial charge in [-0.2, -0.15) is 5.26 Å². The highest BCUT2D eigenvalue weighted by Crippen LogP contribution is 2.44. The first-order chi connectivity index (χ1) is 14.3. The van der Waals surface area contributed by atoms with Crippen LogP contribution in [0.1, 0.15) is 30.9 Å². The third-order valence-electron chi connectivity index (χ3n) is 4.77. The van der Waals surface area contributed by atoms with Crippen LogP contribution in [0.25, 0.3) is 0 Å². The van der Waals surface area contributed by atoms with Crippen molar-refractivity contribution < 1.29 is 14.1 Å². The molecule has 1 atom stereocenters. The number of hydrogen-bond donors (Lipinski definition) is 1. The number of allylic oxidation sites excluding steroid dienone is 3. The Hall–Kier alpha value is -3.44. The maximum atomic E-state index is 13.1. The molecule has 0 saturated heterocycles. The zero-order valence-electron chi connectivity index (χ0n) is 16.3. The molecule has 0 bridgehead atoms. The molecule has 1 N–H and O–H groups in total. The molecule has 30 heavy (non-hydrogen) atoms. The number of benzene rings is 2. The molecule has 1 aliphatic heterocycles. The minimum Gasteiger partial charge on any atom is -0.353 e. The molecule has 8 heteroatoms. The second-order valence-electron chi connectivity index (χ2n) is 6.74. The Morgan fingerprint density at radius 2 is 1.93 bits per heavy atom. The van der Waals surface area contributed by atoms with E-state index in [2.05, 4.69) is 11.4 Å². The molecule has 0 fully saturated rings. The Labute approximate surface area is 177 Å². The predicted octanol–water partition coefficient (Wildman–Crippen LogP) is 4.95. The van der Waals surface area contributed by atoms with Crippen molar-refractivity contribution in [3.8, 4) is 6.07 Å². The van der Waals surface area contributed by atoms with E-state index in [1.807, 2.05) is 0 Å². The molecule has 1 aliphatic rings. The van der Waals surface area contributed by atoms with Gasteiger partial charge in [0, 0.05) is 28.7 Å². The molecule has 1 heterocycles. The van der Waals surface area contributed by atoms with Gasteiger partial charge in [-0.25, -0.2) is 4.39 Å². The monoisotopic (exact) mass is 423 g/mol. The molecule has 2 aromatic carbocycles. The normalized spacial score (nSPS) is 16.1. The lowest BCUT2D eigenvalue weighted by atomic mass is 9.80. The Balaban J connectivity index is 2.08. The summed E-state index contributed by atoms with van der Waals surface area (Å²) >= 11 is 1.33. The van der Waals surface area contributed by atoms with Crippen LogP contribution in [-0.4, -0.2) is 10.7 Å². The molecule has 0 aromatic heterocycles. The zero-order valence-corrected chi connectivity index (χ0v) is 17.1. The number of hydrogen-bond acceptors (Lipinski definition) is 6. The highest BCUT2D eigenvalue weighted by Gasteiger charge is 2.36. The standard InChI is InChI=1S/C22H18FN3O3S/c1-13-20(14(2)27)21(17-5-3-4-6-19(17)26(28)29)18(11-24)22(25-13)30-12-15-7-9-16(23)10-8-15/h3-10,21,25H,12H2,1-2H3/t21-/m0/s1. The van der Waals surface area contributed by atoms with Crippen molar-refractivity contribution in [3.63, 3.8) is 0 Å². The first kappa shape index (κ1) is 21.3. The van der Waals surface area contributed by atoms with Crippen LogP contribution in [0.15, 0.2) is 70.4 Å². The molecule has 0 saturated carbocycles. The Kier molecular flexibility index (Phi) is 6.33. The van der Waals surface area contributed by atoms with E-state index in [1.165, 1.54) is 36.9 Å². The summed E-state index contributed by atoms with van der Waals surface area (Å²) in [7, 11) is 0. The van der Waals surface area contributed by atoms with E-state index < -0.39 is 10.8 Å². The van der Waals surface area contributed by atoms with Crippen molar-refractivity contribution in [2.24, 2.45) is 0 Å². The summed E-state index contributed by atoms with van der Waals surface area (Å²) in [6.45, 7) is 3.10. The van der Waals surface area contributed by atoms with Crippen molar-refractivity contribution in [1.82, 2.24) is 5.32 Å². The summed E-state index contributed by atoms with van der Waals surface area (Å²) in [5, 5.41) is 25.2. The van der Waals surface area contributed by atoms with Crippen LogP contribution in [-0.2, 0) is 10.5 Å². The number of para-hydroxylation sites is 1. The molecule has 0 spiro atoms. The van der Waals surface area contributed by atoms with Crippen molar-refractivity contribution >= 4 is 23.2 Å². The quantitative estimate of drug-likeness (QED) is 0.522. The fraction of sp³-hybridized carbons (Fsp3) is 0.182. The zero-order chi connectivity index (χ0) is 21.8. The first-order valence-corrected chi connectivity index (χ1v) is 10.1. The number of halogens is 1. The smallest absolute Gasteiger partial charge is 0.273 e. The number of carbonyl (C=O) groups excluding carboxylic acids is 1.